The van der Waals surface area contributed by atoms with Crippen molar-refractivity contribution in [3.05, 3.63) is 29.8 Å². The summed E-state index contributed by atoms with van der Waals surface area (Å²) in [5.74, 6) is -0.689. The van der Waals surface area contributed by atoms with Gasteiger partial charge in [-0.3, -0.25) is 9.59 Å². The van der Waals surface area contributed by atoms with Crippen LogP contribution in [0.15, 0.2) is 24.3 Å². The molecule has 1 amide bonds. The van der Waals surface area contributed by atoms with Gasteiger partial charge in [-0.25, -0.2) is 0 Å². The van der Waals surface area contributed by atoms with Gasteiger partial charge in [0, 0.05) is 5.54 Å². The minimum Gasteiger partial charge on any atom is -0.493 e. The summed E-state index contributed by atoms with van der Waals surface area (Å²) in [6, 6.07) is 6.88. The van der Waals surface area contributed by atoms with E-state index in [9.17, 15) is 9.59 Å². The number of carbonyl (C=O) groups is 2. The third-order valence-electron chi connectivity index (χ3n) is 2.83. The highest BCUT2D eigenvalue weighted by Gasteiger charge is 2.23. The predicted molar refractivity (Wildman–Crippen MR) is 83.7 cm³/mol. The Hall–Kier alpha value is -1.84. The van der Waals surface area contributed by atoms with Crippen LogP contribution in [-0.4, -0.2) is 23.8 Å². The van der Waals surface area contributed by atoms with E-state index >= 15 is 0 Å². The molecule has 0 atom stereocenters. The van der Waals surface area contributed by atoms with Gasteiger partial charge in [0.05, 0.1) is 12.2 Å². The number of benzene rings is 1. The number of nitrogens with one attached hydrogen (secondary N) is 1. The van der Waals surface area contributed by atoms with E-state index in [0.29, 0.717) is 17.9 Å². The number of Topliss-reactive ketones (excluding diaryl/α,β-unsaturated/α-hetero) is 1. The summed E-state index contributed by atoms with van der Waals surface area (Å²) in [6.07, 6.45) is 3.13. The van der Waals surface area contributed by atoms with Crippen LogP contribution in [0.3, 0.4) is 0 Å². The fraction of sp³-hybridized carbons (Fsp3) is 0.529. The molecule has 1 aromatic carbocycles. The van der Waals surface area contributed by atoms with E-state index in [4.69, 9.17) is 4.74 Å². The summed E-state index contributed by atoms with van der Waals surface area (Å²) >= 11 is 0. The molecule has 0 fully saturated rings. The lowest BCUT2D eigenvalue weighted by molar-refractivity contribution is -0.118. The smallest absolute Gasteiger partial charge is 0.292 e. The quantitative estimate of drug-likeness (QED) is 0.476. The Morgan fingerprint density at radius 1 is 1.14 bits per heavy atom. The molecule has 4 heteroatoms. The average Bonchev–Trinajstić information content (AvgIpc) is 2.41. The summed E-state index contributed by atoms with van der Waals surface area (Å²) < 4.78 is 5.64. The Labute approximate surface area is 126 Å². The van der Waals surface area contributed by atoms with Crippen LogP contribution in [0.1, 0.15) is 57.3 Å². The molecular weight excluding hydrogens is 266 g/mol. The molecule has 0 aliphatic carbocycles. The van der Waals surface area contributed by atoms with E-state index in [-0.39, 0.29) is 0 Å². The normalized spacial score (nSPS) is 11.0. The van der Waals surface area contributed by atoms with Crippen molar-refractivity contribution < 1.29 is 14.3 Å². The van der Waals surface area contributed by atoms with Gasteiger partial charge in [-0.1, -0.05) is 31.9 Å². The van der Waals surface area contributed by atoms with Crippen molar-refractivity contribution in [2.45, 2.75) is 52.5 Å². The Bertz CT molecular complexity index is 489. The van der Waals surface area contributed by atoms with Gasteiger partial charge in [-0.2, -0.15) is 0 Å². The van der Waals surface area contributed by atoms with Crippen molar-refractivity contribution in [3.63, 3.8) is 0 Å². The molecule has 1 rings (SSSR count). The van der Waals surface area contributed by atoms with Crippen LogP contribution in [0.5, 0.6) is 5.75 Å². The number of carbonyl (C=O) groups excluding carboxylic acids is 2. The first kappa shape index (κ1) is 17.2. The van der Waals surface area contributed by atoms with Gasteiger partial charge >= 0.3 is 0 Å². The summed E-state index contributed by atoms with van der Waals surface area (Å²) in [5.41, 5.74) is -0.125. The maximum atomic E-state index is 12.2. The SMILES string of the molecule is CCCCCOc1ccccc1C(=O)C(=O)NC(C)(C)C. The number of hydrogen-bond donors (Lipinski definition) is 1. The number of ketones is 1. The predicted octanol–water partition coefficient (Wildman–Crippen LogP) is 3.35. The average molecular weight is 291 g/mol. The zero-order valence-corrected chi connectivity index (χ0v) is 13.4. The largest absolute Gasteiger partial charge is 0.493 e. The Balaban J connectivity index is 2.77. The molecule has 0 aromatic heterocycles. The van der Waals surface area contributed by atoms with Crippen LogP contribution < -0.4 is 10.1 Å². The van der Waals surface area contributed by atoms with E-state index in [1.54, 1.807) is 24.3 Å². The molecule has 0 bridgehead atoms. The second-order valence-electron chi connectivity index (χ2n) is 6.08. The van der Waals surface area contributed by atoms with Crippen LogP contribution in [0, 0.1) is 0 Å². The molecule has 0 saturated heterocycles. The Morgan fingerprint density at radius 2 is 1.81 bits per heavy atom. The maximum absolute atomic E-state index is 12.2. The van der Waals surface area contributed by atoms with Crippen LogP contribution in [0.25, 0.3) is 0 Å². The number of rotatable bonds is 7. The minimum absolute atomic E-state index is 0.316. The molecule has 0 saturated carbocycles. The summed E-state index contributed by atoms with van der Waals surface area (Å²) in [5, 5.41) is 2.68. The highest BCUT2D eigenvalue weighted by atomic mass is 16.5. The summed E-state index contributed by atoms with van der Waals surface area (Å²) in [6.45, 7) is 8.19. The fourth-order valence-electron chi connectivity index (χ4n) is 1.83. The lowest BCUT2D eigenvalue weighted by Crippen LogP contribution is -2.44. The molecule has 0 spiro atoms. The molecule has 0 radical (unpaired) electrons. The fourth-order valence-corrected chi connectivity index (χ4v) is 1.83. The van der Waals surface area contributed by atoms with Crippen LogP contribution >= 0.6 is 0 Å². The van der Waals surface area contributed by atoms with E-state index in [1.807, 2.05) is 20.8 Å². The number of para-hydroxylation sites is 1. The van der Waals surface area contributed by atoms with E-state index < -0.39 is 17.2 Å². The van der Waals surface area contributed by atoms with E-state index in [2.05, 4.69) is 12.2 Å². The Morgan fingerprint density at radius 3 is 2.43 bits per heavy atom. The topological polar surface area (TPSA) is 55.4 Å². The maximum Gasteiger partial charge on any atom is 0.292 e. The lowest BCUT2D eigenvalue weighted by Gasteiger charge is -2.20. The molecule has 21 heavy (non-hydrogen) atoms. The van der Waals surface area contributed by atoms with Gasteiger partial charge in [0.1, 0.15) is 5.75 Å². The van der Waals surface area contributed by atoms with Gasteiger partial charge in [-0.15, -0.1) is 0 Å². The summed E-state index contributed by atoms with van der Waals surface area (Å²) in [4.78, 5) is 24.2. The van der Waals surface area contributed by atoms with Crippen molar-refractivity contribution in [1.29, 1.82) is 0 Å². The second-order valence-corrected chi connectivity index (χ2v) is 6.08. The van der Waals surface area contributed by atoms with Gasteiger partial charge in [0.25, 0.3) is 11.7 Å². The van der Waals surface area contributed by atoms with E-state index in [1.165, 1.54) is 0 Å². The zero-order valence-electron chi connectivity index (χ0n) is 13.4. The van der Waals surface area contributed by atoms with Crippen molar-refractivity contribution in [2.24, 2.45) is 0 Å². The number of hydrogen-bond acceptors (Lipinski definition) is 3. The van der Waals surface area contributed by atoms with Gasteiger partial charge in [-0.05, 0) is 39.3 Å². The highest BCUT2D eigenvalue weighted by molar-refractivity contribution is 6.43. The number of amides is 1. The van der Waals surface area contributed by atoms with Gasteiger partial charge < -0.3 is 10.1 Å². The lowest BCUT2D eigenvalue weighted by atomic mass is 10.1. The molecule has 0 unspecified atom stereocenters. The van der Waals surface area contributed by atoms with E-state index in [0.717, 1.165) is 19.3 Å². The first-order valence-electron chi connectivity index (χ1n) is 7.44. The van der Waals surface area contributed by atoms with Crippen molar-refractivity contribution in [3.8, 4) is 5.75 Å². The molecular formula is C17H25NO3. The molecule has 1 aromatic rings. The zero-order chi connectivity index (χ0) is 15.9. The monoisotopic (exact) mass is 291 g/mol. The van der Waals surface area contributed by atoms with Gasteiger partial charge in [0.15, 0.2) is 0 Å². The molecule has 1 N–H and O–H groups in total. The molecule has 116 valence electrons. The third-order valence-corrected chi connectivity index (χ3v) is 2.83. The van der Waals surface area contributed by atoms with Crippen LogP contribution in [0.4, 0.5) is 0 Å². The third kappa shape index (κ3) is 5.98. The number of ether oxygens (including phenoxy) is 1. The molecule has 0 aliphatic heterocycles. The van der Waals surface area contributed by atoms with Crippen molar-refractivity contribution >= 4 is 11.7 Å². The van der Waals surface area contributed by atoms with Crippen molar-refractivity contribution in [2.75, 3.05) is 6.61 Å². The minimum atomic E-state index is -0.605. The molecule has 4 nitrogen and oxygen atoms in total. The van der Waals surface area contributed by atoms with Gasteiger partial charge in [0.2, 0.25) is 0 Å². The van der Waals surface area contributed by atoms with Crippen LogP contribution in [0.2, 0.25) is 0 Å². The highest BCUT2D eigenvalue weighted by Crippen LogP contribution is 2.19. The standard InChI is InChI=1S/C17H25NO3/c1-5-6-9-12-21-14-11-8-7-10-13(14)15(19)16(20)18-17(2,3)4/h7-8,10-11H,5-6,9,12H2,1-4H3,(H,18,20). The first-order valence-corrected chi connectivity index (χ1v) is 7.44. The van der Waals surface area contributed by atoms with Crippen LogP contribution in [-0.2, 0) is 4.79 Å². The summed E-state index contributed by atoms with van der Waals surface area (Å²) in [7, 11) is 0. The van der Waals surface area contributed by atoms with Crippen molar-refractivity contribution in [1.82, 2.24) is 5.32 Å². The molecule has 0 aliphatic rings. The number of unbranched alkanes of at least 4 members (excludes halogenated alkanes) is 2. The second kappa shape index (κ2) is 7.81. The molecule has 0 heterocycles. The first-order chi connectivity index (χ1) is 9.85. The Kier molecular flexibility index (Phi) is 6.40.